The highest BCUT2D eigenvalue weighted by Gasteiger charge is 2.57. The molecule has 0 fully saturated rings. The average Bonchev–Trinajstić information content (AvgIpc) is 3.49. The molecule has 4 heteroatoms. The minimum absolute atomic E-state index is 0.181. The molecule has 0 radical (unpaired) electrons. The molecule has 10 rings (SSSR count). The Kier molecular flexibility index (Phi) is 6.50. The second-order valence-electron chi connectivity index (χ2n) is 13.1. The second kappa shape index (κ2) is 11.4. The predicted molar refractivity (Wildman–Crippen MR) is 199 cm³/mol. The summed E-state index contributed by atoms with van der Waals surface area (Å²) in [6, 6.07) is 52.9. The highest BCUT2D eigenvalue weighted by Crippen LogP contribution is 2.65. The van der Waals surface area contributed by atoms with Crippen molar-refractivity contribution in [2.45, 2.75) is 11.3 Å². The van der Waals surface area contributed by atoms with Gasteiger partial charge in [0.15, 0.2) is 17.5 Å². The summed E-state index contributed by atoms with van der Waals surface area (Å²) in [6.07, 6.45) is 9.21. The van der Waals surface area contributed by atoms with Crippen LogP contribution in [0.1, 0.15) is 28.2 Å². The Hall–Kier alpha value is -6.39. The van der Waals surface area contributed by atoms with Gasteiger partial charge in [0.25, 0.3) is 0 Å². The van der Waals surface area contributed by atoms with Gasteiger partial charge in [-0.25, -0.2) is 15.0 Å². The lowest BCUT2D eigenvalue weighted by Gasteiger charge is -2.43. The Morgan fingerprint density at radius 3 is 1.60 bits per heavy atom. The van der Waals surface area contributed by atoms with Crippen LogP contribution in [0.4, 0.5) is 0 Å². The number of aromatic nitrogens is 3. The molecule has 2 aliphatic carbocycles. The Morgan fingerprint density at radius 2 is 0.940 bits per heavy atom. The van der Waals surface area contributed by atoms with Gasteiger partial charge < -0.3 is 4.74 Å². The molecule has 0 saturated carbocycles. The van der Waals surface area contributed by atoms with Crippen LogP contribution in [0.5, 0.6) is 11.5 Å². The number of nitrogens with zero attached hydrogens (tertiary/aromatic N) is 3. The second-order valence-corrected chi connectivity index (χ2v) is 13.1. The molecule has 4 nitrogen and oxygen atoms in total. The van der Waals surface area contributed by atoms with Crippen molar-refractivity contribution in [2.24, 2.45) is 5.92 Å². The zero-order valence-corrected chi connectivity index (χ0v) is 27.1. The van der Waals surface area contributed by atoms with E-state index >= 15 is 0 Å². The predicted octanol–water partition coefficient (Wildman–Crippen LogP) is 10.8. The number of allylic oxidation sites excluding steroid dienone is 4. The number of fused-ring (bicyclic) bond motifs is 9. The molecule has 0 bridgehead atoms. The monoisotopic (exact) mass is 641 g/mol. The van der Waals surface area contributed by atoms with Gasteiger partial charge in [0.05, 0.1) is 5.41 Å². The van der Waals surface area contributed by atoms with Crippen LogP contribution in [0.15, 0.2) is 176 Å². The van der Waals surface area contributed by atoms with E-state index < -0.39 is 5.41 Å². The normalized spacial score (nSPS) is 17.4. The molecule has 3 aliphatic rings. The molecule has 1 aliphatic heterocycles. The quantitative estimate of drug-likeness (QED) is 0.192. The first-order valence-corrected chi connectivity index (χ1v) is 17.1. The minimum atomic E-state index is -0.399. The first-order chi connectivity index (χ1) is 24.8. The third-order valence-corrected chi connectivity index (χ3v) is 10.5. The van der Waals surface area contributed by atoms with E-state index in [-0.39, 0.29) is 11.8 Å². The van der Waals surface area contributed by atoms with Crippen molar-refractivity contribution in [3.05, 3.63) is 198 Å². The maximum absolute atomic E-state index is 6.56. The first kappa shape index (κ1) is 28.6. The smallest absolute Gasteiger partial charge is 0.164 e. The number of hydrogen-bond acceptors (Lipinski definition) is 4. The summed E-state index contributed by atoms with van der Waals surface area (Å²) in [6.45, 7) is 0. The summed E-state index contributed by atoms with van der Waals surface area (Å²) in [5.41, 5.74) is 9.92. The summed E-state index contributed by atoms with van der Waals surface area (Å²) in [5, 5.41) is 0. The van der Waals surface area contributed by atoms with E-state index in [1.807, 2.05) is 60.7 Å². The summed E-state index contributed by atoms with van der Waals surface area (Å²) >= 11 is 0. The fourth-order valence-corrected chi connectivity index (χ4v) is 8.44. The van der Waals surface area contributed by atoms with Crippen molar-refractivity contribution in [3.8, 4) is 56.8 Å². The summed E-state index contributed by atoms with van der Waals surface area (Å²) in [5.74, 6) is 4.17. The summed E-state index contributed by atoms with van der Waals surface area (Å²) in [4.78, 5) is 15.0. The number of para-hydroxylation sites is 2. The van der Waals surface area contributed by atoms with E-state index in [2.05, 4.69) is 115 Å². The van der Waals surface area contributed by atoms with Crippen molar-refractivity contribution in [2.75, 3.05) is 0 Å². The van der Waals surface area contributed by atoms with Crippen LogP contribution >= 0.6 is 0 Å². The molecular formula is C46H31N3O. The van der Waals surface area contributed by atoms with Crippen LogP contribution in [0.25, 0.3) is 45.3 Å². The molecule has 7 aromatic rings. The third kappa shape index (κ3) is 4.28. The van der Waals surface area contributed by atoms with Gasteiger partial charge in [0, 0.05) is 39.7 Å². The lowest BCUT2D eigenvalue weighted by molar-refractivity contribution is 0.374. The molecule has 0 amide bonds. The number of rotatable bonds is 4. The van der Waals surface area contributed by atoms with Gasteiger partial charge in [-0.1, -0.05) is 158 Å². The molecule has 1 aromatic heterocycles. The van der Waals surface area contributed by atoms with Crippen LogP contribution < -0.4 is 4.74 Å². The van der Waals surface area contributed by atoms with Gasteiger partial charge in [0.1, 0.15) is 11.5 Å². The number of hydrogen-bond donors (Lipinski definition) is 0. The highest BCUT2D eigenvalue weighted by atomic mass is 16.5. The Bertz CT molecular complexity index is 2380. The van der Waals surface area contributed by atoms with E-state index in [9.17, 15) is 0 Å². The van der Waals surface area contributed by atoms with Gasteiger partial charge >= 0.3 is 0 Å². The van der Waals surface area contributed by atoms with Crippen molar-refractivity contribution < 1.29 is 4.74 Å². The third-order valence-electron chi connectivity index (χ3n) is 10.5. The van der Waals surface area contributed by atoms with E-state index in [0.29, 0.717) is 17.5 Å². The maximum atomic E-state index is 6.56. The van der Waals surface area contributed by atoms with E-state index in [4.69, 9.17) is 19.7 Å². The van der Waals surface area contributed by atoms with Crippen molar-refractivity contribution in [1.29, 1.82) is 0 Å². The molecule has 236 valence electrons. The topological polar surface area (TPSA) is 47.9 Å². The summed E-state index contributed by atoms with van der Waals surface area (Å²) in [7, 11) is 0. The fourth-order valence-electron chi connectivity index (χ4n) is 8.44. The maximum Gasteiger partial charge on any atom is 0.164 e. The zero-order valence-electron chi connectivity index (χ0n) is 27.1. The van der Waals surface area contributed by atoms with Crippen LogP contribution in [-0.4, -0.2) is 15.0 Å². The van der Waals surface area contributed by atoms with Gasteiger partial charge in [0.2, 0.25) is 0 Å². The lowest BCUT2D eigenvalue weighted by atomic mass is 9.62. The standard InChI is InChI=1S/C46H31N3O/c1-3-15-30(16-4-1)43-47-44(31-17-5-2-6-18-31)49-45(48-43)33-20-13-19-32(29-33)34-22-14-26-39-42(34)35-21-7-8-23-36(35)46(39)37-24-9-11-27-40(37)50-41-28-12-10-25-38(41)46/h1-29,35-36H. The number of benzene rings is 6. The molecule has 2 heterocycles. The van der Waals surface area contributed by atoms with Crippen molar-refractivity contribution in [3.63, 3.8) is 0 Å². The highest BCUT2D eigenvalue weighted by molar-refractivity contribution is 5.80. The van der Waals surface area contributed by atoms with E-state index in [1.165, 1.54) is 27.8 Å². The molecule has 0 N–H and O–H groups in total. The molecule has 50 heavy (non-hydrogen) atoms. The van der Waals surface area contributed by atoms with Crippen LogP contribution in [-0.2, 0) is 5.41 Å². The first-order valence-electron chi connectivity index (χ1n) is 17.1. The Morgan fingerprint density at radius 1 is 0.440 bits per heavy atom. The largest absolute Gasteiger partial charge is 0.457 e. The molecule has 6 aromatic carbocycles. The molecule has 1 spiro atoms. The average molecular weight is 642 g/mol. The van der Waals surface area contributed by atoms with Crippen LogP contribution in [0, 0.1) is 5.92 Å². The fraction of sp³-hybridized carbons (Fsp3) is 0.0652. The Balaban J connectivity index is 1.18. The van der Waals surface area contributed by atoms with Gasteiger partial charge in [-0.15, -0.1) is 0 Å². The Labute approximate surface area is 291 Å². The molecular weight excluding hydrogens is 611 g/mol. The minimum Gasteiger partial charge on any atom is -0.457 e. The molecule has 0 saturated heterocycles. The summed E-state index contributed by atoms with van der Waals surface area (Å²) < 4.78 is 6.56. The van der Waals surface area contributed by atoms with E-state index in [0.717, 1.165) is 33.8 Å². The zero-order chi connectivity index (χ0) is 33.1. The van der Waals surface area contributed by atoms with Crippen molar-refractivity contribution >= 4 is 0 Å². The number of ether oxygens (including phenoxy) is 1. The van der Waals surface area contributed by atoms with Crippen LogP contribution in [0.3, 0.4) is 0 Å². The van der Waals surface area contributed by atoms with Crippen LogP contribution in [0.2, 0.25) is 0 Å². The molecule has 2 atom stereocenters. The lowest BCUT2D eigenvalue weighted by Crippen LogP contribution is -2.37. The van der Waals surface area contributed by atoms with Crippen molar-refractivity contribution in [1.82, 2.24) is 15.0 Å². The van der Waals surface area contributed by atoms with Gasteiger partial charge in [-0.2, -0.15) is 0 Å². The van der Waals surface area contributed by atoms with Gasteiger partial charge in [-0.05, 0) is 40.5 Å². The van der Waals surface area contributed by atoms with Gasteiger partial charge in [-0.3, -0.25) is 0 Å². The van der Waals surface area contributed by atoms with E-state index in [1.54, 1.807) is 0 Å². The molecule has 2 unspecified atom stereocenters. The SMILES string of the molecule is C1=CC2c3c(-c4cccc(-c5nc(-c6ccccc6)nc(-c6ccccc6)n5)c4)cccc3C3(c4ccccc4Oc4ccccc43)C2C=C1.